The second-order valence-electron chi connectivity index (χ2n) is 2.50. The van der Waals surface area contributed by atoms with Crippen molar-refractivity contribution in [1.29, 1.82) is 0 Å². The zero-order valence-electron chi connectivity index (χ0n) is 7.08. The SMILES string of the molecule is CCC(N)C(=O)N(C)CCO. The van der Waals surface area contributed by atoms with Gasteiger partial charge < -0.3 is 15.7 Å². The summed E-state index contributed by atoms with van der Waals surface area (Å²) >= 11 is 0. The largest absolute Gasteiger partial charge is 0.395 e. The molecule has 4 nitrogen and oxygen atoms in total. The van der Waals surface area contributed by atoms with Crippen LogP contribution in [-0.2, 0) is 4.79 Å². The highest BCUT2D eigenvalue weighted by Gasteiger charge is 2.14. The number of aliphatic hydroxyl groups excluding tert-OH is 1. The molecular weight excluding hydrogens is 144 g/mol. The lowest BCUT2D eigenvalue weighted by Crippen LogP contribution is -2.42. The molecule has 0 radical (unpaired) electrons. The number of likely N-dealkylation sites (N-methyl/N-ethyl adjacent to an activating group) is 1. The standard InChI is InChI=1S/C7H16N2O2/c1-3-6(8)7(11)9(2)4-5-10/h6,10H,3-5,8H2,1-2H3. The quantitative estimate of drug-likeness (QED) is 0.564. The minimum atomic E-state index is -0.424. The van der Waals surface area contributed by atoms with Gasteiger partial charge in [-0.25, -0.2) is 0 Å². The number of aliphatic hydroxyl groups is 1. The van der Waals surface area contributed by atoms with Gasteiger partial charge in [-0.1, -0.05) is 6.92 Å². The molecule has 0 rings (SSSR count). The number of rotatable bonds is 4. The van der Waals surface area contributed by atoms with E-state index in [0.29, 0.717) is 13.0 Å². The third-order valence-corrected chi connectivity index (χ3v) is 1.57. The molecule has 0 saturated carbocycles. The van der Waals surface area contributed by atoms with Gasteiger partial charge in [0.1, 0.15) is 0 Å². The van der Waals surface area contributed by atoms with Crippen molar-refractivity contribution < 1.29 is 9.90 Å². The molecule has 0 aliphatic heterocycles. The van der Waals surface area contributed by atoms with Gasteiger partial charge >= 0.3 is 0 Å². The van der Waals surface area contributed by atoms with Crippen LogP contribution < -0.4 is 5.73 Å². The molecule has 1 amide bonds. The Morgan fingerprint density at radius 1 is 1.73 bits per heavy atom. The van der Waals surface area contributed by atoms with Crippen molar-refractivity contribution in [1.82, 2.24) is 4.90 Å². The average molecular weight is 160 g/mol. The molecule has 0 heterocycles. The second-order valence-corrected chi connectivity index (χ2v) is 2.50. The minimum absolute atomic E-state index is 0.0152. The smallest absolute Gasteiger partial charge is 0.239 e. The summed E-state index contributed by atoms with van der Waals surface area (Å²) in [5, 5.41) is 8.51. The van der Waals surface area contributed by atoms with Crippen LogP contribution in [0, 0.1) is 0 Å². The third kappa shape index (κ3) is 3.34. The number of hydrogen-bond donors (Lipinski definition) is 2. The highest BCUT2D eigenvalue weighted by Crippen LogP contribution is 1.92. The summed E-state index contributed by atoms with van der Waals surface area (Å²) in [6.07, 6.45) is 0.634. The number of carbonyl (C=O) groups excluding carboxylic acids is 1. The maximum Gasteiger partial charge on any atom is 0.239 e. The number of amides is 1. The van der Waals surface area contributed by atoms with Crippen molar-refractivity contribution in [2.24, 2.45) is 5.73 Å². The molecule has 1 atom stereocenters. The Labute approximate surface area is 67.0 Å². The van der Waals surface area contributed by atoms with E-state index in [1.54, 1.807) is 7.05 Å². The molecule has 0 aliphatic carbocycles. The van der Waals surface area contributed by atoms with Gasteiger partial charge in [-0.2, -0.15) is 0 Å². The van der Waals surface area contributed by atoms with Gasteiger partial charge in [0, 0.05) is 13.6 Å². The van der Waals surface area contributed by atoms with Gasteiger partial charge in [0.2, 0.25) is 5.91 Å². The predicted octanol–water partition coefficient (Wildman–Crippen LogP) is -0.826. The monoisotopic (exact) mass is 160 g/mol. The van der Waals surface area contributed by atoms with E-state index in [-0.39, 0.29) is 12.5 Å². The van der Waals surface area contributed by atoms with Gasteiger partial charge in [-0.15, -0.1) is 0 Å². The maximum absolute atomic E-state index is 11.2. The van der Waals surface area contributed by atoms with Crippen LogP contribution in [0.4, 0.5) is 0 Å². The maximum atomic E-state index is 11.2. The first-order valence-corrected chi connectivity index (χ1v) is 3.74. The zero-order chi connectivity index (χ0) is 8.85. The third-order valence-electron chi connectivity index (χ3n) is 1.57. The van der Waals surface area contributed by atoms with Crippen LogP contribution in [0.2, 0.25) is 0 Å². The molecule has 0 aliphatic rings. The Morgan fingerprint density at radius 3 is 2.64 bits per heavy atom. The summed E-state index contributed by atoms with van der Waals surface area (Å²) in [6, 6.07) is -0.424. The molecule has 0 fully saturated rings. The zero-order valence-corrected chi connectivity index (χ0v) is 7.08. The van der Waals surface area contributed by atoms with E-state index >= 15 is 0 Å². The van der Waals surface area contributed by atoms with Crippen molar-refractivity contribution in [3.05, 3.63) is 0 Å². The highest BCUT2D eigenvalue weighted by molar-refractivity contribution is 5.81. The molecule has 0 aromatic carbocycles. The molecule has 0 aromatic rings. The molecule has 1 unspecified atom stereocenters. The van der Waals surface area contributed by atoms with Crippen molar-refractivity contribution >= 4 is 5.91 Å². The topological polar surface area (TPSA) is 66.6 Å². The molecule has 3 N–H and O–H groups in total. The van der Waals surface area contributed by atoms with E-state index in [1.165, 1.54) is 4.90 Å². The summed E-state index contributed by atoms with van der Waals surface area (Å²) in [5.41, 5.74) is 5.47. The van der Waals surface area contributed by atoms with E-state index in [9.17, 15) is 4.79 Å². The minimum Gasteiger partial charge on any atom is -0.395 e. The predicted molar refractivity (Wildman–Crippen MR) is 43.0 cm³/mol. The van der Waals surface area contributed by atoms with E-state index in [2.05, 4.69) is 0 Å². The molecular formula is C7H16N2O2. The molecule has 66 valence electrons. The van der Waals surface area contributed by atoms with Crippen LogP contribution in [0.3, 0.4) is 0 Å². The van der Waals surface area contributed by atoms with Crippen LogP contribution in [0.25, 0.3) is 0 Å². The van der Waals surface area contributed by atoms with Gasteiger partial charge in [-0.05, 0) is 6.42 Å². The Morgan fingerprint density at radius 2 is 2.27 bits per heavy atom. The van der Waals surface area contributed by atoms with Crippen molar-refractivity contribution in [3.8, 4) is 0 Å². The Kier molecular flexibility index (Phi) is 4.81. The first-order chi connectivity index (χ1) is 5.13. The number of nitrogens with two attached hydrogens (primary N) is 1. The van der Waals surface area contributed by atoms with Crippen LogP contribution >= 0.6 is 0 Å². The van der Waals surface area contributed by atoms with Gasteiger partial charge in [0.15, 0.2) is 0 Å². The van der Waals surface area contributed by atoms with Crippen LogP contribution in [0.5, 0.6) is 0 Å². The fourth-order valence-electron chi connectivity index (χ4n) is 0.718. The Hall–Kier alpha value is -0.610. The summed E-state index contributed by atoms with van der Waals surface area (Å²) in [6.45, 7) is 2.19. The van der Waals surface area contributed by atoms with E-state index in [4.69, 9.17) is 10.8 Å². The van der Waals surface area contributed by atoms with E-state index in [0.717, 1.165) is 0 Å². The van der Waals surface area contributed by atoms with Crippen molar-refractivity contribution in [2.45, 2.75) is 19.4 Å². The fourth-order valence-corrected chi connectivity index (χ4v) is 0.718. The summed E-state index contributed by atoms with van der Waals surface area (Å²) in [7, 11) is 1.63. The number of hydrogen-bond acceptors (Lipinski definition) is 3. The van der Waals surface area contributed by atoms with Crippen LogP contribution in [-0.4, -0.2) is 42.2 Å². The number of nitrogens with zero attached hydrogens (tertiary/aromatic N) is 1. The summed E-state index contributed by atoms with van der Waals surface area (Å²) in [4.78, 5) is 12.6. The highest BCUT2D eigenvalue weighted by atomic mass is 16.3. The molecule has 0 aromatic heterocycles. The Balaban J connectivity index is 3.81. The summed E-state index contributed by atoms with van der Waals surface area (Å²) < 4.78 is 0. The normalized spacial score (nSPS) is 12.7. The molecule has 0 bridgehead atoms. The van der Waals surface area contributed by atoms with Crippen molar-refractivity contribution in [3.63, 3.8) is 0 Å². The fraction of sp³-hybridized carbons (Fsp3) is 0.857. The van der Waals surface area contributed by atoms with Crippen molar-refractivity contribution in [2.75, 3.05) is 20.2 Å². The molecule has 4 heteroatoms. The van der Waals surface area contributed by atoms with Gasteiger partial charge in [0.05, 0.1) is 12.6 Å². The molecule has 0 saturated heterocycles. The lowest BCUT2D eigenvalue weighted by atomic mass is 10.2. The molecule has 0 spiro atoms. The van der Waals surface area contributed by atoms with E-state index < -0.39 is 6.04 Å². The average Bonchev–Trinajstić information content (AvgIpc) is 2.02. The van der Waals surface area contributed by atoms with E-state index in [1.807, 2.05) is 6.92 Å². The van der Waals surface area contributed by atoms with Crippen LogP contribution in [0.1, 0.15) is 13.3 Å². The lowest BCUT2D eigenvalue weighted by Gasteiger charge is -2.18. The first-order valence-electron chi connectivity index (χ1n) is 3.74. The Bertz CT molecular complexity index is 128. The van der Waals surface area contributed by atoms with Crippen LogP contribution in [0.15, 0.2) is 0 Å². The van der Waals surface area contributed by atoms with Gasteiger partial charge in [0.25, 0.3) is 0 Å². The lowest BCUT2D eigenvalue weighted by molar-refractivity contribution is -0.131. The first kappa shape index (κ1) is 10.4. The molecule has 11 heavy (non-hydrogen) atoms. The number of carbonyl (C=O) groups is 1. The summed E-state index contributed by atoms with van der Waals surface area (Å²) in [5.74, 6) is -0.110. The second kappa shape index (κ2) is 5.09. The van der Waals surface area contributed by atoms with Gasteiger partial charge in [-0.3, -0.25) is 4.79 Å².